The van der Waals surface area contributed by atoms with E-state index in [-0.39, 0.29) is 11.5 Å². The number of benzene rings is 1. The zero-order valence-electron chi connectivity index (χ0n) is 10.2. The Kier molecular flexibility index (Phi) is 3.51. The topological polar surface area (TPSA) is 85.1 Å². The molecule has 19 heavy (non-hydrogen) atoms. The molecular formula is C13H11N3O3. The van der Waals surface area contributed by atoms with E-state index in [0.717, 1.165) is 0 Å². The Morgan fingerprint density at radius 1 is 1.32 bits per heavy atom. The van der Waals surface area contributed by atoms with E-state index in [1.165, 1.54) is 25.3 Å². The molecule has 0 aliphatic heterocycles. The lowest BCUT2D eigenvalue weighted by Crippen LogP contribution is -1.97. The number of hydrogen-bond donors (Lipinski definition) is 1. The van der Waals surface area contributed by atoms with E-state index in [4.69, 9.17) is 0 Å². The first-order chi connectivity index (χ1) is 9.06. The molecule has 2 rings (SSSR count). The van der Waals surface area contributed by atoms with Crippen LogP contribution in [0.25, 0.3) is 0 Å². The molecule has 2 aromatic rings. The third-order valence-corrected chi connectivity index (χ3v) is 2.50. The fraction of sp³-hybridized carbons (Fsp3) is 0.0769. The SMILES string of the molecule is CC(=O)c1cccc(Nc2cc([N+](=O)[O-])ccn2)c1. The number of anilines is 2. The molecule has 0 spiro atoms. The Balaban J connectivity index is 2.26. The highest BCUT2D eigenvalue weighted by Crippen LogP contribution is 2.19. The van der Waals surface area contributed by atoms with Gasteiger partial charge in [-0.2, -0.15) is 0 Å². The van der Waals surface area contributed by atoms with Gasteiger partial charge in [0.05, 0.1) is 11.0 Å². The molecule has 1 aromatic heterocycles. The second-order valence-corrected chi connectivity index (χ2v) is 3.92. The predicted octanol–water partition coefficient (Wildman–Crippen LogP) is 2.94. The zero-order valence-corrected chi connectivity index (χ0v) is 10.2. The van der Waals surface area contributed by atoms with Crippen LogP contribution in [0.3, 0.4) is 0 Å². The highest BCUT2D eigenvalue weighted by atomic mass is 16.6. The fourth-order valence-electron chi connectivity index (χ4n) is 1.57. The van der Waals surface area contributed by atoms with Gasteiger partial charge in [-0.1, -0.05) is 12.1 Å². The second kappa shape index (κ2) is 5.26. The number of pyridine rings is 1. The zero-order chi connectivity index (χ0) is 13.8. The predicted molar refractivity (Wildman–Crippen MR) is 70.6 cm³/mol. The second-order valence-electron chi connectivity index (χ2n) is 3.92. The van der Waals surface area contributed by atoms with Crippen molar-refractivity contribution in [2.45, 2.75) is 6.92 Å². The molecule has 6 heteroatoms. The van der Waals surface area contributed by atoms with Gasteiger partial charge in [-0.3, -0.25) is 14.9 Å². The van der Waals surface area contributed by atoms with Crippen LogP contribution in [0.4, 0.5) is 17.2 Å². The summed E-state index contributed by atoms with van der Waals surface area (Å²) < 4.78 is 0. The summed E-state index contributed by atoms with van der Waals surface area (Å²) >= 11 is 0. The van der Waals surface area contributed by atoms with Crippen molar-refractivity contribution in [2.75, 3.05) is 5.32 Å². The molecule has 0 unspecified atom stereocenters. The number of hydrogen-bond acceptors (Lipinski definition) is 5. The molecule has 96 valence electrons. The maximum Gasteiger partial charge on any atom is 0.274 e. The summed E-state index contributed by atoms with van der Waals surface area (Å²) in [5.41, 5.74) is 1.18. The molecule has 0 saturated heterocycles. The number of Topliss-reactive ketones (excluding diaryl/α,β-unsaturated/α-hetero) is 1. The highest BCUT2D eigenvalue weighted by molar-refractivity contribution is 5.95. The van der Waals surface area contributed by atoms with E-state index in [1.807, 2.05) is 0 Å². The average molecular weight is 257 g/mol. The number of nitrogens with zero attached hydrogens (tertiary/aromatic N) is 2. The van der Waals surface area contributed by atoms with Crippen LogP contribution in [-0.4, -0.2) is 15.7 Å². The standard InChI is InChI=1S/C13H11N3O3/c1-9(17)10-3-2-4-11(7-10)15-13-8-12(16(18)19)5-6-14-13/h2-8H,1H3,(H,14,15). The van der Waals surface area contributed by atoms with E-state index >= 15 is 0 Å². The van der Waals surface area contributed by atoms with Crippen molar-refractivity contribution in [3.63, 3.8) is 0 Å². The molecule has 0 bridgehead atoms. The van der Waals surface area contributed by atoms with Gasteiger partial charge in [0.25, 0.3) is 5.69 Å². The summed E-state index contributed by atoms with van der Waals surface area (Å²) in [5, 5.41) is 13.6. The Labute approximate surface area is 109 Å². The third-order valence-electron chi connectivity index (χ3n) is 2.50. The fourth-order valence-corrected chi connectivity index (χ4v) is 1.57. The van der Waals surface area contributed by atoms with Crippen LogP contribution < -0.4 is 5.32 Å². The van der Waals surface area contributed by atoms with Crippen molar-refractivity contribution in [2.24, 2.45) is 0 Å². The van der Waals surface area contributed by atoms with Gasteiger partial charge in [-0.25, -0.2) is 4.98 Å². The van der Waals surface area contributed by atoms with Crippen molar-refractivity contribution in [1.82, 2.24) is 4.98 Å². The highest BCUT2D eigenvalue weighted by Gasteiger charge is 2.07. The minimum absolute atomic E-state index is 0.0415. The van der Waals surface area contributed by atoms with Crippen LogP contribution in [0.1, 0.15) is 17.3 Å². The molecule has 0 saturated carbocycles. The number of ketones is 1. The van der Waals surface area contributed by atoms with E-state index < -0.39 is 4.92 Å². The first kappa shape index (κ1) is 12.7. The van der Waals surface area contributed by atoms with Crippen LogP contribution in [-0.2, 0) is 0 Å². The van der Waals surface area contributed by atoms with Crippen molar-refractivity contribution in [3.8, 4) is 0 Å². The van der Waals surface area contributed by atoms with Gasteiger partial charge in [0, 0.05) is 23.5 Å². The molecule has 1 heterocycles. The van der Waals surface area contributed by atoms with Crippen LogP contribution >= 0.6 is 0 Å². The van der Waals surface area contributed by atoms with Gasteiger partial charge in [0.1, 0.15) is 5.82 Å². The summed E-state index contributed by atoms with van der Waals surface area (Å²) in [7, 11) is 0. The molecule has 0 radical (unpaired) electrons. The monoisotopic (exact) mass is 257 g/mol. The first-order valence-corrected chi connectivity index (χ1v) is 5.55. The van der Waals surface area contributed by atoms with Gasteiger partial charge in [0.15, 0.2) is 5.78 Å². The molecule has 0 atom stereocenters. The maximum atomic E-state index is 11.3. The van der Waals surface area contributed by atoms with Crippen molar-refractivity contribution < 1.29 is 9.72 Å². The Bertz CT molecular complexity index is 585. The number of nitrogens with one attached hydrogen (secondary N) is 1. The third kappa shape index (κ3) is 3.12. The smallest absolute Gasteiger partial charge is 0.274 e. The maximum absolute atomic E-state index is 11.3. The van der Waals surface area contributed by atoms with Gasteiger partial charge < -0.3 is 5.32 Å². The van der Waals surface area contributed by atoms with Crippen molar-refractivity contribution >= 4 is 23.0 Å². The number of nitro groups is 1. The number of aromatic nitrogens is 1. The number of rotatable bonds is 4. The quantitative estimate of drug-likeness (QED) is 0.517. The Morgan fingerprint density at radius 3 is 2.79 bits per heavy atom. The Morgan fingerprint density at radius 2 is 2.11 bits per heavy atom. The first-order valence-electron chi connectivity index (χ1n) is 5.55. The lowest BCUT2D eigenvalue weighted by Gasteiger charge is -2.06. The van der Waals surface area contributed by atoms with Gasteiger partial charge >= 0.3 is 0 Å². The summed E-state index contributed by atoms with van der Waals surface area (Å²) in [4.78, 5) is 25.4. The van der Waals surface area contributed by atoms with Crippen LogP contribution in [0.15, 0.2) is 42.6 Å². The lowest BCUT2D eigenvalue weighted by atomic mass is 10.1. The summed E-state index contributed by atoms with van der Waals surface area (Å²) in [6.45, 7) is 1.48. The van der Waals surface area contributed by atoms with Crippen molar-refractivity contribution in [1.29, 1.82) is 0 Å². The largest absolute Gasteiger partial charge is 0.340 e. The summed E-state index contributed by atoms with van der Waals surface area (Å²) in [6.07, 6.45) is 1.36. The molecule has 0 aliphatic rings. The molecular weight excluding hydrogens is 246 g/mol. The van der Waals surface area contributed by atoms with E-state index in [9.17, 15) is 14.9 Å². The molecule has 1 N–H and O–H groups in total. The molecule has 0 aliphatic carbocycles. The number of carbonyl (C=O) groups excluding carboxylic acids is 1. The van der Waals surface area contributed by atoms with Crippen molar-refractivity contribution in [3.05, 3.63) is 58.3 Å². The molecule has 0 amide bonds. The van der Waals surface area contributed by atoms with Gasteiger partial charge in [0.2, 0.25) is 0 Å². The molecule has 6 nitrogen and oxygen atoms in total. The normalized spacial score (nSPS) is 9.95. The van der Waals surface area contributed by atoms with Crippen LogP contribution in [0.2, 0.25) is 0 Å². The minimum atomic E-state index is -0.487. The van der Waals surface area contributed by atoms with Gasteiger partial charge in [-0.15, -0.1) is 0 Å². The Hall–Kier alpha value is -2.76. The van der Waals surface area contributed by atoms with Crippen LogP contribution in [0, 0.1) is 10.1 Å². The molecule has 1 aromatic carbocycles. The van der Waals surface area contributed by atoms with Crippen LogP contribution in [0.5, 0.6) is 0 Å². The minimum Gasteiger partial charge on any atom is -0.340 e. The summed E-state index contributed by atoms with van der Waals surface area (Å²) in [5.74, 6) is 0.311. The number of carbonyl (C=O) groups is 1. The van der Waals surface area contributed by atoms with E-state index in [2.05, 4.69) is 10.3 Å². The van der Waals surface area contributed by atoms with Gasteiger partial charge in [-0.05, 0) is 19.1 Å². The van der Waals surface area contributed by atoms with E-state index in [0.29, 0.717) is 17.1 Å². The summed E-state index contributed by atoms with van der Waals surface area (Å²) in [6, 6.07) is 9.51. The molecule has 0 fully saturated rings. The lowest BCUT2D eigenvalue weighted by molar-refractivity contribution is -0.384. The van der Waals surface area contributed by atoms with E-state index in [1.54, 1.807) is 24.3 Å². The average Bonchev–Trinajstić information content (AvgIpc) is 2.39.